The number of imidazole rings is 3. The molecule has 0 aliphatic rings. The molecule has 13 nitrogen and oxygen atoms in total. The van der Waals surface area contributed by atoms with Crippen molar-refractivity contribution in [3.8, 4) is 46.0 Å². The van der Waals surface area contributed by atoms with Crippen LogP contribution in [0.4, 0.5) is 0 Å². The zero-order chi connectivity index (χ0) is 97.8. The summed E-state index contributed by atoms with van der Waals surface area (Å²) in [5.41, 5.74) is 21.1. The predicted molar refractivity (Wildman–Crippen MR) is 644 cm³/mol. The molecule has 18 aromatic carbocycles. The fraction of sp³-hybridized carbons (Fsp3) is 0. The summed E-state index contributed by atoms with van der Waals surface area (Å²) in [6.45, 7) is 0. The van der Waals surface area contributed by atoms with Crippen LogP contribution in [0.3, 0.4) is 0 Å². The van der Waals surface area contributed by atoms with E-state index in [-0.39, 0.29) is 0 Å². The molecule has 0 fully saturated rings. The van der Waals surface area contributed by atoms with Crippen LogP contribution >= 0.6 is 90.7 Å². The molecule has 0 bridgehead atoms. The molecule has 0 aliphatic carbocycles. The molecule has 18 aromatic heterocycles. The van der Waals surface area contributed by atoms with Gasteiger partial charge in [0.05, 0.1) is 109 Å². The highest BCUT2D eigenvalue weighted by Crippen LogP contribution is 2.55. The first-order valence-electron chi connectivity index (χ1n) is 49.8. The number of hydrogen-bond donors (Lipinski definition) is 0. The van der Waals surface area contributed by atoms with E-state index in [0.717, 1.165) is 95.9 Å². The third-order valence-electron chi connectivity index (χ3n) is 29.9. The van der Waals surface area contributed by atoms with Crippen molar-refractivity contribution in [2.24, 2.45) is 0 Å². The van der Waals surface area contributed by atoms with Crippen molar-refractivity contribution in [2.45, 2.75) is 0 Å². The van der Waals surface area contributed by atoms with Crippen molar-refractivity contribution in [3.63, 3.8) is 0 Å². The van der Waals surface area contributed by atoms with E-state index in [0.29, 0.717) is 0 Å². The van der Waals surface area contributed by atoms with Crippen LogP contribution in [0.5, 0.6) is 0 Å². The lowest BCUT2D eigenvalue weighted by Crippen LogP contribution is -2.06. The van der Waals surface area contributed by atoms with Gasteiger partial charge in [-0.15, -0.1) is 101 Å². The molecule has 0 spiro atoms. The Morgan fingerprint density at radius 1 is 0.167 bits per heavy atom. The second kappa shape index (κ2) is 32.9. The summed E-state index contributed by atoms with van der Waals surface area (Å²) >= 11 is 15.1. The van der Waals surface area contributed by atoms with Gasteiger partial charge in [0.2, 0.25) is 11.9 Å². The van der Waals surface area contributed by atoms with Crippen LogP contribution < -0.4 is 0 Å². The number of rotatable bonds is 7. The molecule has 21 heteroatoms. The second-order valence-corrected chi connectivity index (χ2v) is 46.2. The zero-order valence-corrected chi connectivity index (χ0v) is 85.8. The molecule has 0 unspecified atom stereocenters. The number of fused-ring (bicyclic) bond motifs is 45. The highest BCUT2D eigenvalue weighted by Gasteiger charge is 2.31. The molecule has 0 aliphatic heterocycles. The van der Waals surface area contributed by atoms with Crippen LogP contribution in [0, 0.1) is 0 Å². The van der Waals surface area contributed by atoms with Gasteiger partial charge in [0.25, 0.3) is 0 Å². The van der Waals surface area contributed by atoms with Crippen molar-refractivity contribution in [1.82, 2.24) is 61.4 Å². The van der Waals surface area contributed by atoms with E-state index in [1.807, 2.05) is 115 Å². The Morgan fingerprint density at radius 3 is 0.940 bits per heavy atom. The number of thiophene rings is 8. The Bertz CT molecular complexity index is 12000. The Kier molecular flexibility index (Phi) is 18.6. The first kappa shape index (κ1) is 84.6. The largest absolute Gasteiger partial charge is 0.301 e. The highest BCUT2D eigenvalue weighted by molar-refractivity contribution is 7.39. The molecule has 18 heterocycles. The number of pyridine rings is 2. The second-order valence-electron chi connectivity index (χ2n) is 38.0. The van der Waals surface area contributed by atoms with Crippen LogP contribution in [0.15, 0.2) is 443 Å². The molecular weight excluding hydrogens is 1990 g/mol. The lowest BCUT2D eigenvalue weighted by Gasteiger charge is -2.12. The highest BCUT2D eigenvalue weighted by atomic mass is 32.1. The molecule has 0 saturated heterocycles. The summed E-state index contributed by atoms with van der Waals surface area (Å²) < 4.78 is 35.1. The van der Waals surface area contributed by atoms with E-state index in [1.165, 1.54) is 200 Å². The normalized spacial score (nSPS) is 12.3. The van der Waals surface area contributed by atoms with Crippen LogP contribution in [0.25, 0.3) is 296 Å². The van der Waals surface area contributed by atoms with E-state index >= 15 is 0 Å². The molecule has 0 N–H and O–H groups in total. The fourth-order valence-electron chi connectivity index (χ4n) is 23.5. The predicted octanol–water partition coefficient (Wildman–Crippen LogP) is 37.7. The fourth-order valence-corrected chi connectivity index (χ4v) is 34.7. The van der Waals surface area contributed by atoms with Crippen molar-refractivity contribution in [1.29, 1.82) is 0 Å². The molecule has 0 radical (unpaired) electrons. The maximum Gasteiger partial charge on any atom is 0.242 e. The van der Waals surface area contributed by atoms with E-state index in [2.05, 4.69) is 455 Å². The Morgan fingerprint density at radius 2 is 0.487 bits per heavy atom. The third-order valence-corrected chi connectivity index (χ3v) is 40.0. The third kappa shape index (κ3) is 12.4. The molecule has 702 valence electrons. The lowest BCUT2D eigenvalue weighted by atomic mass is 10.1. The summed E-state index contributed by atoms with van der Waals surface area (Å²) in [6, 6.07) is 158. The molecule has 0 amide bonds. The Hall–Kier alpha value is -17.6. The minimum absolute atomic E-state index is 0.796. The van der Waals surface area contributed by atoms with Gasteiger partial charge in [-0.3, -0.25) is 27.1 Å². The van der Waals surface area contributed by atoms with Gasteiger partial charge in [-0.25, -0.2) is 15.0 Å². The van der Waals surface area contributed by atoms with Gasteiger partial charge < -0.3 is 9.13 Å². The van der Waals surface area contributed by atoms with Crippen molar-refractivity contribution < 1.29 is 0 Å². The van der Waals surface area contributed by atoms with Gasteiger partial charge in [0, 0.05) is 128 Å². The Labute approximate surface area is 883 Å². The summed E-state index contributed by atoms with van der Waals surface area (Å²) in [7, 11) is 0. The van der Waals surface area contributed by atoms with Gasteiger partial charge >= 0.3 is 0 Å². The maximum absolute atomic E-state index is 5.25. The number of nitrogens with zero attached hydrogens (tertiary/aromatic N) is 13. The first-order valence-corrected chi connectivity index (χ1v) is 56.4. The van der Waals surface area contributed by atoms with Crippen LogP contribution in [0.1, 0.15) is 0 Å². The molecule has 36 rings (SSSR count). The monoisotopic (exact) mass is 2060 g/mol. The number of aromatic nitrogens is 13. The van der Waals surface area contributed by atoms with E-state index in [9.17, 15) is 0 Å². The minimum atomic E-state index is 0.796. The van der Waals surface area contributed by atoms with E-state index in [4.69, 9.17) is 25.1 Å². The SMILES string of the molecule is c1ccc(-c2nnc(-n3c4ccccc4c4c5sc6ccccc6c5sc43)n2-c2ccccc2)cc1.c1ccc(-n2c(-n3c4ccccc4c4c5sc6ccccc6c5sc43)nc3ccccc32)cc1.c1ccc2c(c1)sc1c2sc2c1c1ccccc1n2-c1ccc2c(c1)nc1c3ccccc3c3ccccc3n21.c1ccc2c(c1)sc1c2sc2c1c1ccccc1n2-c1ccc2nc3c4ccccc4c4ccccc4n3c2c1. The topological polar surface area (TPSA) is 103 Å². The Balaban J connectivity index is 0.0000000868. The molecule has 150 heavy (non-hydrogen) atoms. The summed E-state index contributed by atoms with van der Waals surface area (Å²) in [5.74, 6) is 2.55. The minimum Gasteiger partial charge on any atom is -0.301 e. The smallest absolute Gasteiger partial charge is 0.242 e. The zero-order valence-electron chi connectivity index (χ0n) is 79.2. The molecule has 0 saturated carbocycles. The molecular formula is C129H73N13S8. The standard InChI is InChI=1S/2C35H19N3S2.C30H18N4S2.C29H17N3S2/c1-2-11-23-21(9-1)22-10-3-6-14-27(22)38-29-18-17-20(19-26(29)36-34(23)38)37-28-15-7-4-12-24(28)31-33-32(40-35(31)37)25-13-5-8-16-30(25)39-33;1-2-11-23-21(9-1)22-10-3-6-14-27(22)38-29-19-20(17-18-26(29)36-34(23)38)37-28-15-7-4-12-24(28)31-33-32(40-35(31)37)25-13-5-8-16-30(25)39-33;1-3-11-19(12-4-1)28-31-32-30(33(28)20-13-5-2-6-14-20)34-23-17-9-7-15-21(23)25-27-26(36-29(25)34)22-16-8-10-18-24(22)35-27;1-2-10-18(11-3-1)31-23-16-8-6-14-21(23)30-29(31)32-22-15-7-4-12-19(22)25-27-26(34-28(25)32)20-13-5-9-17-24(20)33-27/h2*1-19H;1-18H;1-17H. The first-order chi connectivity index (χ1) is 74.5. The summed E-state index contributed by atoms with van der Waals surface area (Å²) in [6.07, 6.45) is 0. The van der Waals surface area contributed by atoms with Crippen molar-refractivity contribution in [2.75, 3.05) is 0 Å². The van der Waals surface area contributed by atoms with Crippen LogP contribution in [-0.4, -0.2) is 61.4 Å². The van der Waals surface area contributed by atoms with Gasteiger partial charge in [-0.2, -0.15) is 0 Å². The van der Waals surface area contributed by atoms with E-state index < -0.39 is 0 Å². The van der Waals surface area contributed by atoms with E-state index in [1.54, 1.807) is 0 Å². The lowest BCUT2D eigenvalue weighted by molar-refractivity contribution is 0.937. The van der Waals surface area contributed by atoms with Crippen LogP contribution in [0.2, 0.25) is 0 Å². The van der Waals surface area contributed by atoms with Gasteiger partial charge in [-0.1, -0.05) is 309 Å². The van der Waals surface area contributed by atoms with Gasteiger partial charge in [-0.05, 0) is 144 Å². The van der Waals surface area contributed by atoms with Crippen LogP contribution in [-0.2, 0) is 0 Å². The number of para-hydroxylation sites is 10. The van der Waals surface area contributed by atoms with Gasteiger partial charge in [0.1, 0.15) is 30.6 Å². The number of hydrogen-bond acceptors (Lipinski definition) is 13. The molecule has 36 aromatic rings. The average Bonchev–Trinajstić information content (AvgIpc) is 1.55. The maximum atomic E-state index is 5.25. The van der Waals surface area contributed by atoms with Crippen molar-refractivity contribution >= 4 is 341 Å². The van der Waals surface area contributed by atoms with Gasteiger partial charge in [0.15, 0.2) is 5.82 Å². The number of benzene rings is 18. The average molecular weight is 2060 g/mol. The molecule has 0 atom stereocenters. The summed E-state index contributed by atoms with van der Waals surface area (Å²) in [4.78, 5) is 20.6. The summed E-state index contributed by atoms with van der Waals surface area (Å²) in [5, 5.41) is 32.8. The quantitative estimate of drug-likeness (QED) is 0.148. The van der Waals surface area contributed by atoms with Crippen molar-refractivity contribution in [3.05, 3.63) is 443 Å².